The maximum atomic E-state index is 11.8. The van der Waals surface area contributed by atoms with Gasteiger partial charge in [-0.2, -0.15) is 5.10 Å². The fraction of sp³-hybridized carbons (Fsp3) is 0.357. The topological polar surface area (TPSA) is 70.6 Å². The van der Waals surface area contributed by atoms with Crippen molar-refractivity contribution in [1.82, 2.24) is 5.43 Å². The Morgan fingerprint density at radius 3 is 2.32 bits per heavy atom. The first-order valence-corrected chi connectivity index (χ1v) is 6.24. The van der Waals surface area contributed by atoms with Crippen LogP contribution in [0, 0.1) is 0 Å². The lowest BCUT2D eigenvalue weighted by Gasteiger charge is -2.04. The van der Waals surface area contributed by atoms with E-state index in [1.807, 2.05) is 6.92 Å². The number of benzene rings is 1. The van der Waals surface area contributed by atoms with Crippen LogP contribution in [0.2, 0.25) is 0 Å². The van der Waals surface area contributed by atoms with Gasteiger partial charge in [0.15, 0.2) is 0 Å². The maximum absolute atomic E-state index is 11.8. The Balaban J connectivity index is 2.63. The molecule has 0 fully saturated rings. The minimum atomic E-state index is -0.259. The van der Waals surface area contributed by atoms with Gasteiger partial charge in [-0.15, -0.1) is 0 Å². The Kier molecular flexibility index (Phi) is 5.73. The van der Waals surface area contributed by atoms with Crippen LogP contribution in [0.5, 0.6) is 0 Å². The maximum Gasteiger partial charge on any atom is 0.271 e. The minimum Gasteiger partial charge on any atom is -0.326 e. The third-order valence-electron chi connectivity index (χ3n) is 2.43. The van der Waals surface area contributed by atoms with Gasteiger partial charge >= 0.3 is 0 Å². The summed E-state index contributed by atoms with van der Waals surface area (Å²) in [5.74, 6) is -0.401. The first-order chi connectivity index (χ1) is 9.02. The summed E-state index contributed by atoms with van der Waals surface area (Å²) in [6.07, 6.45) is 1.86. The second-order valence-electron chi connectivity index (χ2n) is 4.30. The van der Waals surface area contributed by atoms with E-state index < -0.39 is 0 Å². The molecule has 0 atom stereocenters. The Morgan fingerprint density at radius 1 is 1.16 bits per heavy atom. The Morgan fingerprint density at radius 2 is 1.79 bits per heavy atom. The highest BCUT2D eigenvalue weighted by atomic mass is 16.2. The number of hydrogen-bond donors (Lipinski definition) is 2. The molecule has 0 saturated carbocycles. The average molecular weight is 261 g/mol. The number of rotatable bonds is 5. The van der Waals surface area contributed by atoms with Gasteiger partial charge in [-0.1, -0.05) is 13.3 Å². The third-order valence-corrected chi connectivity index (χ3v) is 2.43. The van der Waals surface area contributed by atoms with Crippen molar-refractivity contribution in [2.75, 3.05) is 5.32 Å². The Labute approximate surface area is 113 Å². The van der Waals surface area contributed by atoms with Gasteiger partial charge in [0.2, 0.25) is 5.91 Å². The minimum absolute atomic E-state index is 0.142. The van der Waals surface area contributed by atoms with Crippen LogP contribution in [0.15, 0.2) is 29.4 Å². The van der Waals surface area contributed by atoms with Crippen molar-refractivity contribution >= 4 is 23.2 Å². The molecule has 2 N–H and O–H groups in total. The van der Waals surface area contributed by atoms with Gasteiger partial charge in [-0.3, -0.25) is 9.59 Å². The molecule has 0 unspecified atom stereocenters. The summed E-state index contributed by atoms with van der Waals surface area (Å²) < 4.78 is 0. The predicted molar refractivity (Wildman–Crippen MR) is 76.2 cm³/mol. The van der Waals surface area contributed by atoms with E-state index in [4.69, 9.17) is 0 Å². The van der Waals surface area contributed by atoms with Gasteiger partial charge in [0.05, 0.1) is 0 Å². The number of amides is 2. The lowest BCUT2D eigenvalue weighted by molar-refractivity contribution is -0.114. The molecule has 5 heteroatoms. The predicted octanol–water partition coefficient (Wildman–Crippen LogP) is 2.55. The van der Waals surface area contributed by atoms with Crippen molar-refractivity contribution in [3.63, 3.8) is 0 Å². The standard InChI is InChI=1S/C14H19N3O2/c1-4-5-10(2)16-17-14(19)12-6-8-13(9-7-12)15-11(3)18/h6-9H,4-5H2,1-3H3,(H,15,18)(H,17,19)/b16-10+. The van der Waals surface area contributed by atoms with E-state index in [2.05, 4.69) is 22.8 Å². The molecule has 0 aliphatic carbocycles. The van der Waals surface area contributed by atoms with Crippen LogP contribution >= 0.6 is 0 Å². The lowest BCUT2D eigenvalue weighted by atomic mass is 10.2. The molecule has 5 nitrogen and oxygen atoms in total. The van der Waals surface area contributed by atoms with E-state index in [-0.39, 0.29) is 11.8 Å². The first kappa shape index (κ1) is 14.9. The monoisotopic (exact) mass is 261 g/mol. The number of nitrogens with one attached hydrogen (secondary N) is 2. The van der Waals surface area contributed by atoms with Gasteiger partial charge in [0.25, 0.3) is 5.91 Å². The van der Waals surface area contributed by atoms with Crippen LogP contribution in [0.25, 0.3) is 0 Å². The zero-order valence-electron chi connectivity index (χ0n) is 11.5. The molecule has 0 spiro atoms. The zero-order valence-corrected chi connectivity index (χ0v) is 11.5. The molecular formula is C14H19N3O2. The second-order valence-corrected chi connectivity index (χ2v) is 4.30. The van der Waals surface area contributed by atoms with Crippen LogP contribution in [0.4, 0.5) is 5.69 Å². The van der Waals surface area contributed by atoms with Crippen molar-refractivity contribution in [2.24, 2.45) is 5.10 Å². The summed E-state index contributed by atoms with van der Waals surface area (Å²) in [4.78, 5) is 22.6. The van der Waals surface area contributed by atoms with Crippen molar-refractivity contribution in [1.29, 1.82) is 0 Å². The normalized spacial score (nSPS) is 11.0. The molecule has 1 aromatic carbocycles. The van der Waals surface area contributed by atoms with Crippen molar-refractivity contribution in [3.05, 3.63) is 29.8 Å². The Hall–Kier alpha value is -2.17. The number of carbonyl (C=O) groups is 2. The van der Waals surface area contributed by atoms with Crippen LogP contribution in [-0.4, -0.2) is 17.5 Å². The number of carbonyl (C=O) groups excluding carboxylic acids is 2. The second kappa shape index (κ2) is 7.31. The fourth-order valence-electron chi connectivity index (χ4n) is 1.54. The van der Waals surface area contributed by atoms with E-state index in [0.717, 1.165) is 18.6 Å². The highest BCUT2D eigenvalue weighted by Crippen LogP contribution is 2.09. The smallest absolute Gasteiger partial charge is 0.271 e. The summed E-state index contributed by atoms with van der Waals surface area (Å²) in [5, 5.41) is 6.65. The highest BCUT2D eigenvalue weighted by molar-refractivity contribution is 5.96. The summed E-state index contributed by atoms with van der Waals surface area (Å²) in [6.45, 7) is 5.37. The van der Waals surface area contributed by atoms with E-state index in [1.165, 1.54) is 6.92 Å². The van der Waals surface area contributed by atoms with Crippen LogP contribution in [-0.2, 0) is 4.79 Å². The average Bonchev–Trinajstić information content (AvgIpc) is 2.36. The molecule has 0 aliphatic rings. The molecule has 0 saturated heterocycles. The zero-order chi connectivity index (χ0) is 14.3. The van der Waals surface area contributed by atoms with E-state index in [9.17, 15) is 9.59 Å². The van der Waals surface area contributed by atoms with Crippen LogP contribution in [0.1, 0.15) is 44.0 Å². The molecule has 1 aromatic rings. The van der Waals surface area contributed by atoms with E-state index in [1.54, 1.807) is 24.3 Å². The molecular weight excluding hydrogens is 242 g/mol. The summed E-state index contributed by atoms with van der Waals surface area (Å²) >= 11 is 0. The molecule has 0 aromatic heterocycles. The number of nitrogens with zero attached hydrogens (tertiary/aromatic N) is 1. The molecule has 2 amide bonds. The van der Waals surface area contributed by atoms with Crippen LogP contribution < -0.4 is 10.7 Å². The number of hydrogen-bond acceptors (Lipinski definition) is 3. The molecule has 1 rings (SSSR count). The van der Waals surface area contributed by atoms with E-state index in [0.29, 0.717) is 11.3 Å². The SMILES string of the molecule is CCC/C(C)=N/NC(=O)c1ccc(NC(C)=O)cc1. The van der Waals surface area contributed by atoms with Gasteiger partial charge < -0.3 is 5.32 Å². The van der Waals surface area contributed by atoms with Crippen LogP contribution in [0.3, 0.4) is 0 Å². The largest absolute Gasteiger partial charge is 0.326 e. The Bertz CT molecular complexity index is 478. The quantitative estimate of drug-likeness (QED) is 0.631. The molecule has 0 bridgehead atoms. The number of anilines is 1. The first-order valence-electron chi connectivity index (χ1n) is 6.24. The molecule has 19 heavy (non-hydrogen) atoms. The summed E-state index contributed by atoms with van der Waals surface area (Å²) in [7, 11) is 0. The van der Waals surface area contributed by atoms with E-state index >= 15 is 0 Å². The highest BCUT2D eigenvalue weighted by Gasteiger charge is 2.04. The summed E-state index contributed by atoms with van der Waals surface area (Å²) in [5.41, 5.74) is 4.56. The van der Waals surface area contributed by atoms with Gasteiger partial charge in [0.1, 0.15) is 0 Å². The third kappa shape index (κ3) is 5.33. The lowest BCUT2D eigenvalue weighted by Crippen LogP contribution is -2.19. The van der Waals surface area contributed by atoms with Gasteiger partial charge in [0, 0.05) is 23.9 Å². The van der Waals surface area contributed by atoms with Gasteiger partial charge in [-0.25, -0.2) is 5.43 Å². The van der Waals surface area contributed by atoms with Crippen molar-refractivity contribution in [2.45, 2.75) is 33.6 Å². The van der Waals surface area contributed by atoms with Gasteiger partial charge in [-0.05, 0) is 37.6 Å². The van der Waals surface area contributed by atoms with Crippen molar-refractivity contribution in [3.8, 4) is 0 Å². The molecule has 0 radical (unpaired) electrons. The molecule has 0 heterocycles. The van der Waals surface area contributed by atoms with Crippen molar-refractivity contribution < 1.29 is 9.59 Å². The number of hydrazone groups is 1. The molecule has 0 aliphatic heterocycles. The summed E-state index contributed by atoms with van der Waals surface area (Å²) in [6, 6.07) is 6.65. The molecule has 102 valence electrons. The fourth-order valence-corrected chi connectivity index (χ4v) is 1.54.